The molecule has 5 rings (SSSR count). The quantitative estimate of drug-likeness (QED) is 0.456. The van der Waals surface area contributed by atoms with Crippen molar-refractivity contribution in [3.8, 4) is 11.5 Å². The Morgan fingerprint density at radius 3 is 2.48 bits per heavy atom. The minimum atomic E-state index is -0.149. The molecule has 0 aliphatic heterocycles. The van der Waals surface area contributed by atoms with E-state index in [1.165, 1.54) is 0 Å². The van der Waals surface area contributed by atoms with E-state index in [9.17, 15) is 4.79 Å². The molecule has 0 atom stereocenters. The summed E-state index contributed by atoms with van der Waals surface area (Å²) < 4.78 is 7.70. The van der Waals surface area contributed by atoms with Gasteiger partial charge in [-0.1, -0.05) is 48.5 Å². The van der Waals surface area contributed by atoms with Crippen LogP contribution >= 0.6 is 0 Å². The van der Waals surface area contributed by atoms with Crippen LogP contribution in [0.4, 0.5) is 0 Å². The van der Waals surface area contributed by atoms with Crippen LogP contribution in [0.25, 0.3) is 44.2 Å². The first-order chi connectivity index (χ1) is 12.2. The molecule has 5 aromatic rings. The summed E-state index contributed by atoms with van der Waals surface area (Å²) in [6.45, 7) is 0. The molecule has 0 unspecified atom stereocenters. The standard InChI is InChI=1S/C21H14N2O2/c1-23-17-12-5-4-10-16(17)19-18(21(23)24)22-20(25-19)15-11-6-8-13-7-2-3-9-14(13)15/h2-12H,1H3. The zero-order valence-electron chi connectivity index (χ0n) is 13.6. The number of oxazole rings is 1. The number of pyridine rings is 1. The van der Waals surface area contributed by atoms with Gasteiger partial charge in [0.25, 0.3) is 5.56 Å². The van der Waals surface area contributed by atoms with Gasteiger partial charge in [-0.2, -0.15) is 0 Å². The van der Waals surface area contributed by atoms with Crippen LogP contribution in [0.3, 0.4) is 0 Å². The van der Waals surface area contributed by atoms with Gasteiger partial charge in [0.15, 0.2) is 11.1 Å². The zero-order valence-corrected chi connectivity index (χ0v) is 13.6. The lowest BCUT2D eigenvalue weighted by atomic mass is 10.0. The van der Waals surface area contributed by atoms with Gasteiger partial charge in [0.05, 0.1) is 5.52 Å². The molecule has 2 aromatic heterocycles. The van der Waals surface area contributed by atoms with Gasteiger partial charge in [-0.15, -0.1) is 0 Å². The highest BCUT2D eigenvalue weighted by Crippen LogP contribution is 2.32. The first-order valence-corrected chi connectivity index (χ1v) is 8.10. The highest BCUT2D eigenvalue weighted by atomic mass is 16.3. The number of hydrogen-bond acceptors (Lipinski definition) is 3. The van der Waals surface area contributed by atoms with Gasteiger partial charge >= 0.3 is 0 Å². The number of nitrogens with zero attached hydrogens (tertiary/aromatic N) is 2. The minimum absolute atomic E-state index is 0.149. The van der Waals surface area contributed by atoms with E-state index in [1.807, 2.05) is 54.6 Å². The fourth-order valence-electron chi connectivity index (χ4n) is 3.40. The van der Waals surface area contributed by atoms with Crippen molar-refractivity contribution in [3.63, 3.8) is 0 Å². The molecule has 0 aliphatic carbocycles. The maximum atomic E-state index is 12.7. The topological polar surface area (TPSA) is 48.0 Å². The van der Waals surface area contributed by atoms with Gasteiger partial charge in [-0.05, 0) is 29.0 Å². The average molecular weight is 326 g/mol. The van der Waals surface area contributed by atoms with E-state index >= 15 is 0 Å². The molecule has 0 aliphatic rings. The highest BCUT2D eigenvalue weighted by Gasteiger charge is 2.17. The van der Waals surface area contributed by atoms with Crippen molar-refractivity contribution in [3.05, 3.63) is 77.1 Å². The molecule has 0 N–H and O–H groups in total. The first kappa shape index (κ1) is 14.0. The summed E-state index contributed by atoms with van der Waals surface area (Å²) in [6, 6.07) is 21.8. The molecule has 0 fully saturated rings. The molecule has 4 nitrogen and oxygen atoms in total. The number of benzene rings is 3. The van der Waals surface area contributed by atoms with E-state index in [0.29, 0.717) is 17.0 Å². The Labute approximate surface area is 143 Å². The molecule has 4 heteroatoms. The van der Waals surface area contributed by atoms with Crippen LogP contribution in [0.5, 0.6) is 0 Å². The fourth-order valence-corrected chi connectivity index (χ4v) is 3.40. The van der Waals surface area contributed by atoms with Crippen molar-refractivity contribution in [2.24, 2.45) is 7.05 Å². The largest absolute Gasteiger partial charge is 0.435 e. The third-order valence-corrected chi connectivity index (χ3v) is 4.66. The maximum Gasteiger partial charge on any atom is 0.280 e. The number of hydrogen-bond donors (Lipinski definition) is 0. The van der Waals surface area contributed by atoms with E-state index in [0.717, 1.165) is 27.2 Å². The van der Waals surface area contributed by atoms with Crippen LogP contribution in [0.1, 0.15) is 0 Å². The molecule has 0 bridgehead atoms. The average Bonchev–Trinajstić information content (AvgIpc) is 3.11. The van der Waals surface area contributed by atoms with Crippen LogP contribution in [-0.4, -0.2) is 9.55 Å². The van der Waals surface area contributed by atoms with E-state index in [2.05, 4.69) is 17.1 Å². The Kier molecular flexibility index (Phi) is 2.82. The van der Waals surface area contributed by atoms with Crippen molar-refractivity contribution in [1.29, 1.82) is 0 Å². The minimum Gasteiger partial charge on any atom is -0.435 e. The molecule has 0 saturated carbocycles. The maximum absolute atomic E-state index is 12.7. The monoisotopic (exact) mass is 326 g/mol. The summed E-state index contributed by atoms with van der Waals surface area (Å²) in [5, 5.41) is 3.05. The highest BCUT2D eigenvalue weighted by molar-refractivity contribution is 6.02. The number of rotatable bonds is 1. The van der Waals surface area contributed by atoms with Crippen molar-refractivity contribution in [1.82, 2.24) is 9.55 Å². The van der Waals surface area contributed by atoms with E-state index in [-0.39, 0.29) is 5.56 Å². The van der Waals surface area contributed by atoms with E-state index in [4.69, 9.17) is 4.42 Å². The van der Waals surface area contributed by atoms with Gasteiger partial charge in [0, 0.05) is 18.0 Å². The van der Waals surface area contributed by atoms with Gasteiger partial charge in [-0.3, -0.25) is 4.79 Å². The summed E-state index contributed by atoms with van der Waals surface area (Å²) in [5.41, 5.74) is 2.48. The zero-order chi connectivity index (χ0) is 17.0. The van der Waals surface area contributed by atoms with Gasteiger partial charge < -0.3 is 8.98 Å². The van der Waals surface area contributed by atoms with Crippen molar-refractivity contribution in [2.75, 3.05) is 0 Å². The second-order valence-electron chi connectivity index (χ2n) is 6.10. The number of fused-ring (bicyclic) bond motifs is 4. The summed E-state index contributed by atoms with van der Waals surface area (Å²) >= 11 is 0. The predicted molar refractivity (Wildman–Crippen MR) is 99.7 cm³/mol. The smallest absolute Gasteiger partial charge is 0.280 e. The SMILES string of the molecule is Cn1c(=O)c2nc(-c3cccc4ccccc34)oc2c2ccccc21. The summed E-state index contributed by atoms with van der Waals surface area (Å²) in [4.78, 5) is 17.2. The third-order valence-electron chi connectivity index (χ3n) is 4.66. The Hall–Kier alpha value is -3.40. The predicted octanol–water partition coefficient (Wildman–Crippen LogP) is 4.50. The van der Waals surface area contributed by atoms with Gasteiger partial charge in [-0.25, -0.2) is 4.98 Å². The molecule has 0 amide bonds. The van der Waals surface area contributed by atoms with Crippen LogP contribution < -0.4 is 5.56 Å². The first-order valence-electron chi connectivity index (χ1n) is 8.10. The lowest BCUT2D eigenvalue weighted by Gasteiger charge is -2.03. The molecule has 0 saturated heterocycles. The molecule has 3 aromatic carbocycles. The number of aromatic nitrogens is 2. The Balaban J connectivity index is 1.91. The Morgan fingerprint density at radius 1 is 0.880 bits per heavy atom. The van der Waals surface area contributed by atoms with E-state index < -0.39 is 0 Å². The second-order valence-corrected chi connectivity index (χ2v) is 6.10. The third kappa shape index (κ3) is 1.94. The van der Waals surface area contributed by atoms with Gasteiger partial charge in [0.2, 0.25) is 5.89 Å². The number of aryl methyl sites for hydroxylation is 1. The Bertz CT molecular complexity index is 1320. The van der Waals surface area contributed by atoms with Crippen LogP contribution in [-0.2, 0) is 7.05 Å². The Morgan fingerprint density at radius 2 is 1.60 bits per heavy atom. The van der Waals surface area contributed by atoms with Crippen LogP contribution in [0.2, 0.25) is 0 Å². The number of para-hydroxylation sites is 1. The van der Waals surface area contributed by atoms with E-state index in [1.54, 1.807) is 11.6 Å². The fraction of sp³-hybridized carbons (Fsp3) is 0.0476. The normalized spacial score (nSPS) is 11.6. The summed E-state index contributed by atoms with van der Waals surface area (Å²) in [6.07, 6.45) is 0. The summed E-state index contributed by atoms with van der Waals surface area (Å²) in [7, 11) is 1.76. The molecule has 2 heterocycles. The van der Waals surface area contributed by atoms with Crippen LogP contribution in [0, 0.1) is 0 Å². The lowest BCUT2D eigenvalue weighted by molar-refractivity contribution is 0.623. The molecule has 25 heavy (non-hydrogen) atoms. The van der Waals surface area contributed by atoms with Crippen molar-refractivity contribution in [2.45, 2.75) is 0 Å². The van der Waals surface area contributed by atoms with Crippen LogP contribution in [0.15, 0.2) is 75.9 Å². The van der Waals surface area contributed by atoms with Gasteiger partial charge in [0.1, 0.15) is 0 Å². The second kappa shape index (κ2) is 5.05. The molecule has 0 radical (unpaired) electrons. The molecule has 0 spiro atoms. The van der Waals surface area contributed by atoms with Crippen molar-refractivity contribution >= 4 is 32.8 Å². The molecular weight excluding hydrogens is 312 g/mol. The lowest BCUT2D eigenvalue weighted by Crippen LogP contribution is -2.17. The molecular formula is C21H14N2O2. The summed E-state index contributed by atoms with van der Waals surface area (Å²) in [5.74, 6) is 0.472. The van der Waals surface area contributed by atoms with Crippen molar-refractivity contribution < 1.29 is 4.42 Å². The molecule has 120 valence electrons.